The van der Waals surface area contributed by atoms with Crippen molar-refractivity contribution in [2.24, 2.45) is 0 Å². The molecule has 40 heavy (non-hydrogen) atoms. The van der Waals surface area contributed by atoms with Crippen molar-refractivity contribution in [2.75, 3.05) is 9.80 Å². The third-order valence-corrected chi connectivity index (χ3v) is 7.11. The van der Waals surface area contributed by atoms with Gasteiger partial charge in [0.2, 0.25) is 0 Å². The number of rotatable bonds is 7. The minimum absolute atomic E-state index is 1.10. The Morgan fingerprint density at radius 2 is 0.850 bits per heavy atom. The highest BCUT2D eigenvalue weighted by atomic mass is 15.2. The molecule has 0 spiro atoms. The Kier molecular flexibility index (Phi) is 7.15. The number of anilines is 6. The first kappa shape index (κ1) is 25.2. The average Bonchev–Trinajstić information content (AvgIpc) is 3.00. The SMILES string of the molecule is Cc1cccc(-c2cccc(N(c3ccccc3)c3ccccc3)c2N(c2ccccc2)c2cccc(C)c2)c1. The second kappa shape index (κ2) is 11.3. The molecule has 0 saturated carbocycles. The fourth-order valence-corrected chi connectivity index (χ4v) is 5.33. The van der Waals surface area contributed by atoms with Crippen LogP contribution in [0.25, 0.3) is 11.1 Å². The summed E-state index contributed by atoms with van der Waals surface area (Å²) in [5, 5.41) is 0. The topological polar surface area (TPSA) is 6.48 Å². The lowest BCUT2D eigenvalue weighted by Gasteiger charge is -2.35. The molecule has 0 aromatic heterocycles. The summed E-state index contributed by atoms with van der Waals surface area (Å²) in [7, 11) is 0. The molecule has 0 atom stereocenters. The first-order valence-corrected chi connectivity index (χ1v) is 13.7. The van der Waals surface area contributed by atoms with Crippen LogP contribution >= 0.6 is 0 Å². The van der Waals surface area contributed by atoms with E-state index in [1.807, 2.05) is 0 Å². The van der Waals surface area contributed by atoms with Crippen molar-refractivity contribution in [1.82, 2.24) is 0 Å². The maximum Gasteiger partial charge on any atom is 0.0781 e. The van der Waals surface area contributed by atoms with Crippen LogP contribution in [0.1, 0.15) is 11.1 Å². The second-order valence-corrected chi connectivity index (χ2v) is 10.1. The van der Waals surface area contributed by atoms with E-state index in [-0.39, 0.29) is 0 Å². The van der Waals surface area contributed by atoms with Crippen molar-refractivity contribution in [1.29, 1.82) is 0 Å². The summed E-state index contributed by atoms with van der Waals surface area (Å²) in [6.07, 6.45) is 0. The number of nitrogens with zero attached hydrogens (tertiary/aromatic N) is 2. The van der Waals surface area contributed by atoms with E-state index in [2.05, 4.69) is 181 Å². The minimum Gasteiger partial charge on any atom is -0.308 e. The molecule has 0 heterocycles. The van der Waals surface area contributed by atoms with Gasteiger partial charge < -0.3 is 9.80 Å². The predicted octanol–water partition coefficient (Wildman–Crippen LogP) is 10.9. The van der Waals surface area contributed by atoms with E-state index in [0.717, 1.165) is 34.1 Å². The molecule has 0 aliphatic heterocycles. The summed E-state index contributed by atoms with van der Waals surface area (Å²) in [6.45, 7) is 4.31. The van der Waals surface area contributed by atoms with Gasteiger partial charge in [-0.25, -0.2) is 0 Å². The van der Waals surface area contributed by atoms with E-state index in [1.165, 1.54) is 22.3 Å². The van der Waals surface area contributed by atoms with E-state index < -0.39 is 0 Å². The lowest BCUT2D eigenvalue weighted by Crippen LogP contribution is -2.18. The number of hydrogen-bond acceptors (Lipinski definition) is 2. The monoisotopic (exact) mass is 516 g/mol. The summed E-state index contributed by atoms with van der Waals surface area (Å²) in [5.41, 5.74) is 11.5. The van der Waals surface area contributed by atoms with Crippen molar-refractivity contribution in [3.8, 4) is 11.1 Å². The van der Waals surface area contributed by atoms with E-state index >= 15 is 0 Å². The maximum atomic E-state index is 2.40. The molecule has 0 aliphatic rings. The van der Waals surface area contributed by atoms with Crippen LogP contribution in [0.4, 0.5) is 34.1 Å². The predicted molar refractivity (Wildman–Crippen MR) is 171 cm³/mol. The Morgan fingerprint density at radius 1 is 0.375 bits per heavy atom. The van der Waals surface area contributed by atoms with Gasteiger partial charge in [-0.2, -0.15) is 0 Å². The first-order valence-electron chi connectivity index (χ1n) is 13.7. The van der Waals surface area contributed by atoms with Gasteiger partial charge in [0.05, 0.1) is 11.4 Å². The molecule has 0 fully saturated rings. The van der Waals surface area contributed by atoms with Crippen LogP contribution in [0, 0.1) is 13.8 Å². The molecule has 6 rings (SSSR count). The molecular weight excluding hydrogens is 484 g/mol. The van der Waals surface area contributed by atoms with Crippen LogP contribution in [0.15, 0.2) is 158 Å². The van der Waals surface area contributed by atoms with Crippen molar-refractivity contribution in [2.45, 2.75) is 13.8 Å². The summed E-state index contributed by atoms with van der Waals surface area (Å²) in [4.78, 5) is 4.76. The first-order chi connectivity index (χ1) is 19.7. The fourth-order valence-electron chi connectivity index (χ4n) is 5.33. The minimum atomic E-state index is 1.10. The molecular formula is C38H32N2. The molecule has 194 valence electrons. The van der Waals surface area contributed by atoms with Gasteiger partial charge in [-0.15, -0.1) is 0 Å². The van der Waals surface area contributed by atoms with Crippen molar-refractivity contribution < 1.29 is 0 Å². The smallest absolute Gasteiger partial charge is 0.0781 e. The van der Waals surface area contributed by atoms with Crippen molar-refractivity contribution in [3.05, 3.63) is 169 Å². The third-order valence-electron chi connectivity index (χ3n) is 7.11. The molecule has 0 aliphatic carbocycles. The number of para-hydroxylation sites is 4. The Hall–Kier alpha value is -5.08. The van der Waals surface area contributed by atoms with E-state index in [0.29, 0.717) is 0 Å². The van der Waals surface area contributed by atoms with E-state index in [9.17, 15) is 0 Å². The van der Waals surface area contributed by atoms with Crippen molar-refractivity contribution >= 4 is 34.1 Å². The lowest BCUT2D eigenvalue weighted by atomic mass is 9.98. The van der Waals surface area contributed by atoms with Crippen LogP contribution in [0.5, 0.6) is 0 Å². The van der Waals surface area contributed by atoms with Gasteiger partial charge in [0.1, 0.15) is 0 Å². The summed E-state index contributed by atoms with van der Waals surface area (Å²) >= 11 is 0. The average molecular weight is 517 g/mol. The zero-order valence-corrected chi connectivity index (χ0v) is 22.9. The summed E-state index contributed by atoms with van der Waals surface area (Å²) in [5.74, 6) is 0. The lowest BCUT2D eigenvalue weighted by molar-refractivity contribution is 1.22. The molecule has 6 aromatic rings. The Balaban J connectivity index is 1.72. The molecule has 2 nitrogen and oxygen atoms in total. The highest BCUT2D eigenvalue weighted by Gasteiger charge is 2.25. The Bertz CT molecular complexity index is 1670. The van der Waals surface area contributed by atoms with Crippen LogP contribution in [-0.2, 0) is 0 Å². The van der Waals surface area contributed by atoms with Gasteiger partial charge in [-0.3, -0.25) is 0 Å². The third kappa shape index (κ3) is 5.12. The molecule has 6 aromatic carbocycles. The molecule has 0 saturated heterocycles. The number of benzene rings is 6. The fraction of sp³-hybridized carbons (Fsp3) is 0.0526. The van der Waals surface area contributed by atoms with Crippen LogP contribution in [0.2, 0.25) is 0 Å². The molecule has 0 amide bonds. The second-order valence-electron chi connectivity index (χ2n) is 10.1. The van der Waals surface area contributed by atoms with Gasteiger partial charge >= 0.3 is 0 Å². The van der Waals surface area contributed by atoms with E-state index in [4.69, 9.17) is 0 Å². The van der Waals surface area contributed by atoms with Gasteiger partial charge in [-0.1, -0.05) is 109 Å². The van der Waals surface area contributed by atoms with E-state index in [1.54, 1.807) is 0 Å². The van der Waals surface area contributed by atoms with Gasteiger partial charge in [0.15, 0.2) is 0 Å². The Labute approximate surface area is 237 Å². The highest BCUT2D eigenvalue weighted by Crippen LogP contribution is 2.50. The highest BCUT2D eigenvalue weighted by molar-refractivity contribution is 5.99. The van der Waals surface area contributed by atoms with Crippen molar-refractivity contribution in [3.63, 3.8) is 0 Å². The molecule has 2 heteroatoms. The number of hydrogen-bond donors (Lipinski definition) is 0. The molecule has 0 radical (unpaired) electrons. The zero-order valence-electron chi connectivity index (χ0n) is 22.9. The standard InChI is InChI=1S/C38H32N2/c1-29-15-12-17-31(27-29)36-25-14-26-37(39(32-18-6-3-7-19-32)33-20-8-4-9-21-33)38(36)40(34-22-10-5-11-23-34)35-24-13-16-30(2)28-35/h3-28H,1-2H3. The maximum absolute atomic E-state index is 2.40. The molecule has 0 N–H and O–H groups in total. The zero-order chi connectivity index (χ0) is 27.3. The van der Waals surface area contributed by atoms with Crippen LogP contribution < -0.4 is 9.80 Å². The van der Waals surface area contributed by atoms with Gasteiger partial charge in [-0.05, 0) is 79.6 Å². The largest absolute Gasteiger partial charge is 0.308 e. The summed E-state index contributed by atoms with van der Waals surface area (Å²) in [6, 6.07) is 56.1. The normalized spacial score (nSPS) is 10.8. The number of aryl methyl sites for hydroxylation is 2. The summed E-state index contributed by atoms with van der Waals surface area (Å²) < 4.78 is 0. The molecule has 0 unspecified atom stereocenters. The molecule has 0 bridgehead atoms. The van der Waals surface area contributed by atoms with Crippen LogP contribution in [-0.4, -0.2) is 0 Å². The van der Waals surface area contributed by atoms with Crippen LogP contribution in [0.3, 0.4) is 0 Å². The van der Waals surface area contributed by atoms with Gasteiger partial charge in [0, 0.05) is 28.3 Å². The Morgan fingerprint density at radius 3 is 1.40 bits per heavy atom. The van der Waals surface area contributed by atoms with Gasteiger partial charge in [0.25, 0.3) is 0 Å². The quantitative estimate of drug-likeness (QED) is 0.208.